The molecule has 4 nitrogen and oxygen atoms in total. The van der Waals surface area contributed by atoms with Gasteiger partial charge in [0.15, 0.2) is 0 Å². The fourth-order valence-corrected chi connectivity index (χ4v) is 3.29. The molecule has 2 aliphatic rings. The number of benzene rings is 1. The Bertz CT molecular complexity index is 544. The molecule has 114 valence electrons. The summed E-state index contributed by atoms with van der Waals surface area (Å²) in [4.78, 5) is 14.1. The van der Waals surface area contributed by atoms with Crippen molar-refractivity contribution >= 4 is 11.6 Å². The summed E-state index contributed by atoms with van der Waals surface area (Å²) in [5, 5.41) is 5.87. The number of likely N-dealkylation sites (tertiary alicyclic amines) is 1. The third-order valence-electron chi connectivity index (χ3n) is 4.42. The normalized spacial score (nSPS) is 25.6. The summed E-state index contributed by atoms with van der Waals surface area (Å²) in [7, 11) is 0. The molecule has 2 N–H and O–H groups in total. The molecule has 21 heavy (non-hydrogen) atoms. The molecule has 2 saturated heterocycles. The van der Waals surface area contributed by atoms with Crippen LogP contribution in [0.1, 0.15) is 12.8 Å². The standard InChI is InChI=1S/C15H19F2N3O/c16-11-1-2-13(12(17)7-11)19-14(21)8-20-6-4-15(10-20)3-5-18-9-15/h1-2,7,18H,3-6,8-10H2,(H,19,21). The molecule has 1 amide bonds. The maximum atomic E-state index is 13.5. The van der Waals surface area contributed by atoms with Crippen molar-refractivity contribution in [3.05, 3.63) is 29.8 Å². The zero-order valence-electron chi connectivity index (χ0n) is 11.8. The first-order valence-electron chi connectivity index (χ1n) is 7.24. The number of rotatable bonds is 3. The van der Waals surface area contributed by atoms with Crippen molar-refractivity contribution in [2.75, 3.05) is 38.0 Å². The van der Waals surface area contributed by atoms with Crippen LogP contribution in [0.2, 0.25) is 0 Å². The molecule has 2 fully saturated rings. The lowest BCUT2D eigenvalue weighted by Crippen LogP contribution is -2.34. The van der Waals surface area contributed by atoms with Gasteiger partial charge in [0.05, 0.1) is 12.2 Å². The number of amides is 1. The first kappa shape index (κ1) is 14.4. The van der Waals surface area contributed by atoms with Gasteiger partial charge in [0, 0.05) is 19.2 Å². The van der Waals surface area contributed by atoms with Crippen molar-refractivity contribution in [3.63, 3.8) is 0 Å². The van der Waals surface area contributed by atoms with E-state index in [1.165, 1.54) is 6.07 Å². The summed E-state index contributed by atoms with van der Waals surface area (Å²) in [5.41, 5.74) is 0.333. The zero-order valence-corrected chi connectivity index (χ0v) is 11.8. The van der Waals surface area contributed by atoms with Crippen molar-refractivity contribution in [3.8, 4) is 0 Å². The molecule has 1 atom stereocenters. The van der Waals surface area contributed by atoms with E-state index in [9.17, 15) is 13.6 Å². The Hall–Kier alpha value is -1.53. The minimum absolute atomic E-state index is 0.0258. The Kier molecular flexibility index (Phi) is 3.91. The average molecular weight is 295 g/mol. The molecular formula is C15H19F2N3O. The van der Waals surface area contributed by atoms with Crippen LogP contribution in [-0.2, 0) is 4.79 Å². The second-order valence-electron chi connectivity index (χ2n) is 6.06. The number of nitrogens with zero attached hydrogens (tertiary/aromatic N) is 1. The molecule has 1 aromatic rings. The van der Waals surface area contributed by atoms with Crippen LogP contribution in [0.5, 0.6) is 0 Å². The molecule has 1 unspecified atom stereocenters. The summed E-state index contributed by atoms with van der Waals surface area (Å²) < 4.78 is 26.3. The van der Waals surface area contributed by atoms with Crippen molar-refractivity contribution < 1.29 is 13.6 Å². The molecular weight excluding hydrogens is 276 g/mol. The van der Waals surface area contributed by atoms with Gasteiger partial charge in [0.25, 0.3) is 0 Å². The van der Waals surface area contributed by atoms with Gasteiger partial charge in [-0.1, -0.05) is 0 Å². The number of anilines is 1. The highest BCUT2D eigenvalue weighted by Crippen LogP contribution is 2.35. The van der Waals surface area contributed by atoms with Crippen LogP contribution in [0, 0.1) is 17.0 Å². The van der Waals surface area contributed by atoms with Gasteiger partial charge >= 0.3 is 0 Å². The van der Waals surface area contributed by atoms with Gasteiger partial charge in [0.2, 0.25) is 5.91 Å². The van der Waals surface area contributed by atoms with Crippen molar-refractivity contribution in [2.24, 2.45) is 5.41 Å². The van der Waals surface area contributed by atoms with Crippen LogP contribution in [0.3, 0.4) is 0 Å². The minimum Gasteiger partial charge on any atom is -0.322 e. The molecule has 6 heteroatoms. The SMILES string of the molecule is O=C(CN1CCC2(CCNC2)C1)Nc1ccc(F)cc1F. The number of halogens is 2. The molecule has 0 bridgehead atoms. The highest BCUT2D eigenvalue weighted by Gasteiger charge is 2.40. The predicted octanol–water partition coefficient (Wildman–Crippen LogP) is 1.59. The maximum Gasteiger partial charge on any atom is 0.238 e. The second kappa shape index (κ2) is 5.69. The largest absolute Gasteiger partial charge is 0.322 e. The number of hydrogen-bond donors (Lipinski definition) is 2. The Morgan fingerprint density at radius 2 is 2.24 bits per heavy atom. The lowest BCUT2D eigenvalue weighted by atomic mass is 9.87. The van der Waals surface area contributed by atoms with E-state index in [-0.39, 0.29) is 18.1 Å². The van der Waals surface area contributed by atoms with Crippen LogP contribution in [0.25, 0.3) is 0 Å². The van der Waals surface area contributed by atoms with Gasteiger partial charge in [-0.15, -0.1) is 0 Å². The Morgan fingerprint density at radius 3 is 2.95 bits per heavy atom. The fourth-order valence-electron chi connectivity index (χ4n) is 3.29. The van der Waals surface area contributed by atoms with Gasteiger partial charge < -0.3 is 10.6 Å². The molecule has 0 saturated carbocycles. The molecule has 2 heterocycles. The second-order valence-corrected chi connectivity index (χ2v) is 6.06. The van der Waals surface area contributed by atoms with Gasteiger partial charge in [-0.25, -0.2) is 8.78 Å². The first-order chi connectivity index (χ1) is 10.1. The van der Waals surface area contributed by atoms with E-state index < -0.39 is 11.6 Å². The average Bonchev–Trinajstić information content (AvgIpc) is 3.04. The smallest absolute Gasteiger partial charge is 0.238 e. The lowest BCUT2D eigenvalue weighted by Gasteiger charge is -2.22. The number of hydrogen-bond acceptors (Lipinski definition) is 3. The van der Waals surface area contributed by atoms with E-state index in [2.05, 4.69) is 15.5 Å². The maximum absolute atomic E-state index is 13.5. The first-order valence-corrected chi connectivity index (χ1v) is 7.24. The van der Waals surface area contributed by atoms with Gasteiger partial charge in [-0.3, -0.25) is 9.69 Å². The Labute approximate surface area is 122 Å². The summed E-state index contributed by atoms with van der Waals surface area (Å²) >= 11 is 0. The third kappa shape index (κ3) is 3.22. The van der Waals surface area contributed by atoms with Crippen molar-refractivity contribution in [2.45, 2.75) is 12.8 Å². The predicted molar refractivity (Wildman–Crippen MR) is 76.0 cm³/mol. The topological polar surface area (TPSA) is 44.4 Å². The van der Waals surface area contributed by atoms with Gasteiger partial charge in [0.1, 0.15) is 11.6 Å². The summed E-state index contributed by atoms with van der Waals surface area (Å²) in [6.45, 7) is 4.09. The molecule has 2 aliphatic heterocycles. The summed E-state index contributed by atoms with van der Waals surface area (Å²) in [6, 6.07) is 3.15. The fraction of sp³-hybridized carbons (Fsp3) is 0.533. The van der Waals surface area contributed by atoms with Crippen molar-refractivity contribution in [1.29, 1.82) is 0 Å². The van der Waals surface area contributed by atoms with E-state index in [4.69, 9.17) is 0 Å². The van der Waals surface area contributed by atoms with Crippen LogP contribution < -0.4 is 10.6 Å². The molecule has 0 aromatic heterocycles. The molecule has 0 aliphatic carbocycles. The quantitative estimate of drug-likeness (QED) is 0.890. The van der Waals surface area contributed by atoms with Crippen LogP contribution >= 0.6 is 0 Å². The molecule has 1 aromatic carbocycles. The van der Waals surface area contributed by atoms with Crippen molar-refractivity contribution in [1.82, 2.24) is 10.2 Å². The van der Waals surface area contributed by atoms with E-state index in [0.717, 1.165) is 51.2 Å². The number of carbonyl (C=O) groups is 1. The number of carbonyl (C=O) groups excluding carboxylic acids is 1. The lowest BCUT2D eigenvalue weighted by molar-refractivity contribution is -0.117. The monoisotopic (exact) mass is 295 g/mol. The van der Waals surface area contributed by atoms with Crippen LogP contribution in [-0.4, -0.2) is 43.5 Å². The highest BCUT2D eigenvalue weighted by molar-refractivity contribution is 5.92. The van der Waals surface area contributed by atoms with Gasteiger partial charge in [-0.2, -0.15) is 0 Å². The van der Waals surface area contributed by atoms with E-state index in [0.29, 0.717) is 5.41 Å². The zero-order chi connectivity index (χ0) is 14.9. The Morgan fingerprint density at radius 1 is 1.38 bits per heavy atom. The highest BCUT2D eigenvalue weighted by atomic mass is 19.1. The summed E-state index contributed by atoms with van der Waals surface area (Å²) in [5.74, 6) is -1.66. The van der Waals surface area contributed by atoms with E-state index >= 15 is 0 Å². The van der Waals surface area contributed by atoms with Gasteiger partial charge in [-0.05, 0) is 43.5 Å². The van der Waals surface area contributed by atoms with Crippen LogP contribution in [0.15, 0.2) is 18.2 Å². The Balaban J connectivity index is 1.55. The van der Waals surface area contributed by atoms with Crippen LogP contribution in [0.4, 0.5) is 14.5 Å². The van der Waals surface area contributed by atoms with E-state index in [1.807, 2.05) is 0 Å². The van der Waals surface area contributed by atoms with E-state index in [1.54, 1.807) is 0 Å². The molecule has 0 radical (unpaired) electrons. The molecule has 3 rings (SSSR count). The molecule has 1 spiro atoms. The summed E-state index contributed by atoms with van der Waals surface area (Å²) in [6.07, 6.45) is 2.25. The minimum atomic E-state index is -0.749. The number of nitrogens with one attached hydrogen (secondary N) is 2. The third-order valence-corrected chi connectivity index (χ3v) is 4.42.